The van der Waals surface area contributed by atoms with Gasteiger partial charge in [0, 0.05) is 11.8 Å². The Labute approximate surface area is 98.7 Å². The fourth-order valence-electron chi connectivity index (χ4n) is 1.61. The highest BCUT2D eigenvalue weighted by Crippen LogP contribution is 2.20. The minimum Gasteiger partial charge on any atom is -0.465 e. The Morgan fingerprint density at radius 1 is 1.27 bits per heavy atom. The standard InChI is InChI=1S/C12H15BrO2/c13-9-10-4-6-11(7-5-10)15-12-3-1-2-8-14-12/h4-7,12H,1-3,8-9H2. The van der Waals surface area contributed by atoms with Crippen LogP contribution in [-0.2, 0) is 10.1 Å². The summed E-state index contributed by atoms with van der Waals surface area (Å²) in [5.41, 5.74) is 1.26. The van der Waals surface area contributed by atoms with Crippen molar-refractivity contribution in [2.45, 2.75) is 30.9 Å². The molecular formula is C12H15BrO2. The van der Waals surface area contributed by atoms with E-state index >= 15 is 0 Å². The monoisotopic (exact) mass is 270 g/mol. The Morgan fingerprint density at radius 2 is 2.07 bits per heavy atom. The predicted molar refractivity (Wildman–Crippen MR) is 63.3 cm³/mol. The number of halogens is 1. The van der Waals surface area contributed by atoms with E-state index in [0.29, 0.717) is 0 Å². The summed E-state index contributed by atoms with van der Waals surface area (Å²) >= 11 is 3.42. The Morgan fingerprint density at radius 3 is 2.67 bits per heavy atom. The van der Waals surface area contributed by atoms with Crippen molar-refractivity contribution in [3.8, 4) is 5.75 Å². The molecule has 0 N–H and O–H groups in total. The lowest BCUT2D eigenvalue weighted by molar-refractivity contribution is -0.105. The molecule has 0 bridgehead atoms. The second-order valence-electron chi connectivity index (χ2n) is 3.69. The molecule has 0 aliphatic carbocycles. The molecule has 0 spiro atoms. The third kappa shape index (κ3) is 3.21. The van der Waals surface area contributed by atoms with Crippen LogP contribution in [0.25, 0.3) is 0 Å². The predicted octanol–water partition coefficient (Wildman–Crippen LogP) is 3.49. The van der Waals surface area contributed by atoms with Crippen LogP contribution in [0.15, 0.2) is 24.3 Å². The highest BCUT2D eigenvalue weighted by molar-refractivity contribution is 9.08. The average Bonchev–Trinajstić information content (AvgIpc) is 2.31. The molecule has 0 amide bonds. The first-order valence-corrected chi connectivity index (χ1v) is 6.44. The van der Waals surface area contributed by atoms with E-state index in [1.807, 2.05) is 12.1 Å². The summed E-state index contributed by atoms with van der Waals surface area (Å²) in [6.07, 6.45) is 3.31. The molecule has 1 saturated heterocycles. The third-order valence-electron chi connectivity index (χ3n) is 2.48. The first kappa shape index (κ1) is 11.0. The van der Waals surface area contributed by atoms with Crippen molar-refractivity contribution in [1.29, 1.82) is 0 Å². The van der Waals surface area contributed by atoms with Gasteiger partial charge in [0.05, 0.1) is 6.61 Å². The van der Waals surface area contributed by atoms with Gasteiger partial charge in [0.25, 0.3) is 0 Å². The minimum atomic E-state index is -0.0476. The molecule has 0 radical (unpaired) electrons. The van der Waals surface area contributed by atoms with Crippen LogP contribution in [0.2, 0.25) is 0 Å². The molecule has 1 aliphatic rings. The fraction of sp³-hybridized carbons (Fsp3) is 0.500. The Bertz CT molecular complexity index is 291. The number of benzene rings is 1. The van der Waals surface area contributed by atoms with Gasteiger partial charge in [-0.1, -0.05) is 28.1 Å². The van der Waals surface area contributed by atoms with Gasteiger partial charge in [0.2, 0.25) is 0 Å². The molecule has 1 aromatic rings. The highest BCUT2D eigenvalue weighted by atomic mass is 79.9. The smallest absolute Gasteiger partial charge is 0.199 e. The van der Waals surface area contributed by atoms with Crippen molar-refractivity contribution < 1.29 is 9.47 Å². The highest BCUT2D eigenvalue weighted by Gasteiger charge is 2.14. The van der Waals surface area contributed by atoms with Gasteiger partial charge in [0.15, 0.2) is 6.29 Å². The SMILES string of the molecule is BrCc1ccc(OC2CCCCO2)cc1. The summed E-state index contributed by atoms with van der Waals surface area (Å²) in [5, 5.41) is 0.882. The third-order valence-corrected chi connectivity index (χ3v) is 3.13. The molecule has 1 fully saturated rings. The van der Waals surface area contributed by atoms with Gasteiger partial charge in [-0.05, 0) is 30.5 Å². The molecule has 0 saturated carbocycles. The van der Waals surface area contributed by atoms with Crippen LogP contribution in [-0.4, -0.2) is 12.9 Å². The van der Waals surface area contributed by atoms with Crippen LogP contribution in [0.4, 0.5) is 0 Å². The molecule has 2 nitrogen and oxygen atoms in total. The zero-order valence-corrected chi connectivity index (χ0v) is 10.2. The van der Waals surface area contributed by atoms with Crippen molar-refractivity contribution in [2.24, 2.45) is 0 Å². The molecule has 2 rings (SSSR count). The molecule has 1 atom stereocenters. The van der Waals surface area contributed by atoms with Crippen molar-refractivity contribution in [3.63, 3.8) is 0 Å². The second kappa shape index (κ2) is 5.52. The number of ether oxygens (including phenoxy) is 2. The maximum absolute atomic E-state index is 5.72. The van der Waals surface area contributed by atoms with E-state index < -0.39 is 0 Å². The van der Waals surface area contributed by atoms with Crippen molar-refractivity contribution >= 4 is 15.9 Å². The second-order valence-corrected chi connectivity index (χ2v) is 4.25. The number of hydrogen-bond donors (Lipinski definition) is 0. The number of rotatable bonds is 3. The Kier molecular flexibility index (Phi) is 4.03. The largest absolute Gasteiger partial charge is 0.465 e. The van der Waals surface area contributed by atoms with E-state index in [2.05, 4.69) is 28.1 Å². The normalized spacial score (nSPS) is 21.3. The van der Waals surface area contributed by atoms with Gasteiger partial charge in [-0.2, -0.15) is 0 Å². The van der Waals surface area contributed by atoms with E-state index in [1.165, 1.54) is 12.0 Å². The Balaban J connectivity index is 1.91. The van der Waals surface area contributed by atoms with E-state index in [-0.39, 0.29) is 6.29 Å². The Hall–Kier alpha value is -0.540. The van der Waals surface area contributed by atoms with Gasteiger partial charge in [-0.3, -0.25) is 0 Å². The fourth-order valence-corrected chi connectivity index (χ4v) is 1.99. The molecule has 1 aliphatic heterocycles. The van der Waals surface area contributed by atoms with E-state index in [0.717, 1.165) is 30.5 Å². The first-order valence-electron chi connectivity index (χ1n) is 5.31. The molecule has 1 heterocycles. The molecule has 15 heavy (non-hydrogen) atoms. The first-order chi connectivity index (χ1) is 7.38. The number of alkyl halides is 1. The van der Waals surface area contributed by atoms with E-state index in [9.17, 15) is 0 Å². The molecule has 3 heteroatoms. The zero-order valence-electron chi connectivity index (χ0n) is 8.62. The summed E-state index contributed by atoms with van der Waals surface area (Å²) in [7, 11) is 0. The van der Waals surface area contributed by atoms with Gasteiger partial charge in [-0.15, -0.1) is 0 Å². The molecule has 82 valence electrons. The topological polar surface area (TPSA) is 18.5 Å². The lowest BCUT2D eigenvalue weighted by Gasteiger charge is -2.23. The van der Waals surface area contributed by atoms with E-state index in [1.54, 1.807) is 0 Å². The van der Waals surface area contributed by atoms with Crippen LogP contribution in [0, 0.1) is 0 Å². The quantitative estimate of drug-likeness (QED) is 0.783. The maximum Gasteiger partial charge on any atom is 0.199 e. The molecular weight excluding hydrogens is 256 g/mol. The molecule has 1 aromatic carbocycles. The van der Waals surface area contributed by atoms with Gasteiger partial charge >= 0.3 is 0 Å². The number of hydrogen-bond acceptors (Lipinski definition) is 2. The summed E-state index contributed by atoms with van der Waals surface area (Å²) in [6, 6.07) is 8.11. The molecule has 1 unspecified atom stereocenters. The lowest BCUT2D eigenvalue weighted by Crippen LogP contribution is -2.24. The summed E-state index contributed by atoms with van der Waals surface area (Å²) in [4.78, 5) is 0. The maximum atomic E-state index is 5.72. The minimum absolute atomic E-state index is 0.0476. The molecule has 0 aromatic heterocycles. The summed E-state index contributed by atoms with van der Waals surface area (Å²) in [6.45, 7) is 0.824. The van der Waals surface area contributed by atoms with Crippen molar-refractivity contribution in [1.82, 2.24) is 0 Å². The van der Waals surface area contributed by atoms with Gasteiger partial charge in [-0.25, -0.2) is 0 Å². The average molecular weight is 271 g/mol. The van der Waals surface area contributed by atoms with E-state index in [4.69, 9.17) is 9.47 Å². The van der Waals surface area contributed by atoms with Crippen molar-refractivity contribution in [3.05, 3.63) is 29.8 Å². The van der Waals surface area contributed by atoms with Crippen LogP contribution in [0.3, 0.4) is 0 Å². The van der Waals surface area contributed by atoms with Crippen LogP contribution in [0.1, 0.15) is 24.8 Å². The summed E-state index contributed by atoms with van der Waals surface area (Å²) < 4.78 is 11.2. The van der Waals surface area contributed by atoms with Crippen LogP contribution < -0.4 is 4.74 Å². The van der Waals surface area contributed by atoms with Crippen LogP contribution >= 0.6 is 15.9 Å². The van der Waals surface area contributed by atoms with Gasteiger partial charge in [0.1, 0.15) is 5.75 Å². The van der Waals surface area contributed by atoms with Crippen LogP contribution in [0.5, 0.6) is 5.75 Å². The van der Waals surface area contributed by atoms with Crippen molar-refractivity contribution in [2.75, 3.05) is 6.61 Å². The lowest BCUT2D eigenvalue weighted by atomic mass is 10.2. The van der Waals surface area contributed by atoms with Gasteiger partial charge < -0.3 is 9.47 Å². The zero-order chi connectivity index (χ0) is 10.5. The summed E-state index contributed by atoms with van der Waals surface area (Å²) in [5.74, 6) is 0.895.